The Labute approximate surface area is 206 Å². The van der Waals surface area contributed by atoms with Crippen molar-refractivity contribution >= 4 is 22.7 Å². The summed E-state index contributed by atoms with van der Waals surface area (Å²) in [5.74, 6) is -1.000. The van der Waals surface area contributed by atoms with Crippen LogP contribution in [0, 0.1) is 6.92 Å². The van der Waals surface area contributed by atoms with Crippen LogP contribution in [-0.2, 0) is 7.05 Å². The fourth-order valence-electron chi connectivity index (χ4n) is 4.60. The number of thioether (sulfide) groups is 1. The van der Waals surface area contributed by atoms with Crippen LogP contribution in [0.1, 0.15) is 28.3 Å². The van der Waals surface area contributed by atoms with Gasteiger partial charge in [0.25, 0.3) is 5.56 Å². The molecular weight excluding hydrogens is 460 g/mol. The van der Waals surface area contributed by atoms with Crippen LogP contribution in [0.3, 0.4) is 0 Å². The van der Waals surface area contributed by atoms with Crippen LogP contribution in [0.5, 0.6) is 5.75 Å². The molecule has 0 amide bonds. The zero-order chi connectivity index (χ0) is 24.7. The van der Waals surface area contributed by atoms with E-state index in [4.69, 9.17) is 4.42 Å². The van der Waals surface area contributed by atoms with Crippen LogP contribution in [0.2, 0.25) is 0 Å². The van der Waals surface area contributed by atoms with Crippen LogP contribution in [0.25, 0.3) is 16.7 Å². The number of benzene rings is 3. The maximum Gasteiger partial charge on any atom is 0.344 e. The van der Waals surface area contributed by atoms with Crippen LogP contribution in [0.4, 0.5) is 0 Å². The number of nitrogens with zero attached hydrogens (tertiary/aromatic N) is 2. The van der Waals surface area contributed by atoms with E-state index in [0.29, 0.717) is 33.5 Å². The second kappa shape index (κ2) is 9.00. The molecule has 0 radical (unpaired) electrons. The first kappa shape index (κ1) is 22.8. The van der Waals surface area contributed by atoms with Gasteiger partial charge in [-0.15, -0.1) is 11.8 Å². The first-order chi connectivity index (χ1) is 16.9. The van der Waals surface area contributed by atoms with Crippen molar-refractivity contribution in [1.82, 2.24) is 9.36 Å². The predicted molar refractivity (Wildman–Crippen MR) is 139 cm³/mol. The van der Waals surface area contributed by atoms with Gasteiger partial charge in [0.1, 0.15) is 11.3 Å². The average Bonchev–Trinajstić information content (AvgIpc) is 3.10. The van der Waals surface area contributed by atoms with E-state index in [2.05, 4.69) is 0 Å². The smallest absolute Gasteiger partial charge is 0.344 e. The minimum Gasteiger partial charge on any atom is -0.507 e. The van der Waals surface area contributed by atoms with Crippen LogP contribution >= 0.6 is 11.8 Å². The molecule has 3 aromatic carbocycles. The molecule has 0 saturated heterocycles. The molecule has 1 N–H and O–H groups in total. The lowest BCUT2D eigenvalue weighted by molar-refractivity contribution is 0.455. The maximum atomic E-state index is 13.9. The Bertz CT molecular complexity index is 1650. The Morgan fingerprint density at radius 2 is 1.54 bits per heavy atom. The SMILES string of the molecule is CSc1ccc([C@@H](c2c(O)c3ccccc3oc2=O)c2c(C)n(C)n(-c3ccccc3)c2=O)cc1. The van der Waals surface area contributed by atoms with Gasteiger partial charge in [-0.05, 0) is 55.1 Å². The molecule has 0 aliphatic rings. The molecule has 0 fully saturated rings. The van der Waals surface area contributed by atoms with Gasteiger partial charge in [0.15, 0.2) is 0 Å². The Morgan fingerprint density at radius 1 is 0.886 bits per heavy atom. The van der Waals surface area contributed by atoms with E-state index in [1.165, 1.54) is 0 Å². The summed E-state index contributed by atoms with van der Waals surface area (Å²) in [6.45, 7) is 1.85. The topological polar surface area (TPSA) is 77.4 Å². The first-order valence-corrected chi connectivity index (χ1v) is 12.4. The standard InChI is InChI=1S/C28H24N2O4S/c1-17-23(27(32)30(29(17)2)19-9-5-4-6-10-19)24(18-13-15-20(35-3)16-14-18)25-26(31)21-11-7-8-12-22(21)34-28(25)33/h4-16,24,31H,1-3H3/t24-/m1/s1. The number of aromatic nitrogens is 2. The quantitative estimate of drug-likeness (QED) is 0.274. The summed E-state index contributed by atoms with van der Waals surface area (Å²) in [5.41, 5.74) is 1.92. The van der Waals surface area contributed by atoms with E-state index in [1.807, 2.05) is 74.8 Å². The number of aromatic hydroxyl groups is 1. The third kappa shape index (κ3) is 3.78. The second-order valence-corrected chi connectivity index (χ2v) is 9.21. The molecular formula is C28H24N2O4S. The summed E-state index contributed by atoms with van der Waals surface area (Å²) in [5, 5.41) is 11.7. The second-order valence-electron chi connectivity index (χ2n) is 8.33. The Balaban J connectivity index is 1.85. The average molecular weight is 485 g/mol. The highest BCUT2D eigenvalue weighted by Gasteiger charge is 2.32. The van der Waals surface area contributed by atoms with Crippen LogP contribution in [0.15, 0.2) is 97.8 Å². The lowest BCUT2D eigenvalue weighted by Crippen LogP contribution is -2.24. The van der Waals surface area contributed by atoms with Gasteiger partial charge in [0, 0.05) is 17.6 Å². The summed E-state index contributed by atoms with van der Waals surface area (Å²) >= 11 is 1.60. The molecule has 0 unspecified atom stereocenters. The zero-order valence-electron chi connectivity index (χ0n) is 19.6. The van der Waals surface area contributed by atoms with E-state index in [1.54, 1.807) is 45.4 Å². The minimum absolute atomic E-state index is 0.0478. The first-order valence-electron chi connectivity index (χ1n) is 11.1. The van der Waals surface area contributed by atoms with Crippen molar-refractivity contribution in [3.05, 3.63) is 122 Å². The largest absolute Gasteiger partial charge is 0.507 e. The molecule has 176 valence electrons. The van der Waals surface area contributed by atoms with Crippen molar-refractivity contribution < 1.29 is 9.52 Å². The molecule has 0 spiro atoms. The number of hydrogen-bond donors (Lipinski definition) is 1. The summed E-state index contributed by atoms with van der Waals surface area (Å²) in [6, 6.07) is 23.9. The number of hydrogen-bond acceptors (Lipinski definition) is 5. The fourth-order valence-corrected chi connectivity index (χ4v) is 5.01. The summed E-state index contributed by atoms with van der Waals surface area (Å²) in [7, 11) is 1.81. The minimum atomic E-state index is -0.824. The molecule has 2 heterocycles. The van der Waals surface area contributed by atoms with Gasteiger partial charge in [0.05, 0.1) is 28.1 Å². The van der Waals surface area contributed by atoms with E-state index in [9.17, 15) is 14.7 Å². The van der Waals surface area contributed by atoms with Gasteiger partial charge in [-0.1, -0.05) is 42.5 Å². The molecule has 0 aliphatic carbocycles. The maximum absolute atomic E-state index is 13.9. The highest BCUT2D eigenvalue weighted by atomic mass is 32.2. The van der Waals surface area contributed by atoms with Crippen LogP contribution < -0.4 is 11.2 Å². The lowest BCUT2D eigenvalue weighted by Gasteiger charge is -2.18. The van der Waals surface area contributed by atoms with Crippen molar-refractivity contribution in [2.24, 2.45) is 7.05 Å². The normalized spacial score (nSPS) is 12.2. The molecule has 0 bridgehead atoms. The Morgan fingerprint density at radius 3 is 2.23 bits per heavy atom. The van der Waals surface area contributed by atoms with Crippen molar-refractivity contribution in [2.45, 2.75) is 17.7 Å². The van der Waals surface area contributed by atoms with E-state index in [-0.39, 0.29) is 16.9 Å². The third-order valence-corrected chi connectivity index (χ3v) is 7.19. The van der Waals surface area contributed by atoms with E-state index < -0.39 is 11.5 Å². The molecule has 0 saturated carbocycles. The molecule has 5 rings (SSSR count). The fraction of sp³-hybridized carbons (Fsp3) is 0.143. The Hall–Kier alpha value is -3.97. The summed E-state index contributed by atoms with van der Waals surface area (Å²) in [4.78, 5) is 28.3. The third-order valence-electron chi connectivity index (χ3n) is 6.45. The molecule has 7 heteroatoms. The van der Waals surface area contributed by atoms with Crippen LogP contribution in [-0.4, -0.2) is 20.7 Å². The number of rotatable bonds is 5. The van der Waals surface area contributed by atoms with Gasteiger partial charge in [-0.25, -0.2) is 9.48 Å². The monoisotopic (exact) mass is 484 g/mol. The molecule has 35 heavy (non-hydrogen) atoms. The van der Waals surface area contributed by atoms with Gasteiger partial charge >= 0.3 is 5.63 Å². The van der Waals surface area contributed by atoms with Crippen molar-refractivity contribution in [2.75, 3.05) is 6.26 Å². The van der Waals surface area contributed by atoms with Gasteiger partial charge in [-0.2, -0.15) is 0 Å². The highest BCUT2D eigenvalue weighted by Crippen LogP contribution is 2.39. The summed E-state index contributed by atoms with van der Waals surface area (Å²) in [6.07, 6.45) is 1.98. The van der Waals surface area contributed by atoms with Gasteiger partial charge in [-0.3, -0.25) is 9.48 Å². The van der Waals surface area contributed by atoms with Crippen molar-refractivity contribution in [3.8, 4) is 11.4 Å². The van der Waals surface area contributed by atoms with Gasteiger partial charge < -0.3 is 9.52 Å². The van der Waals surface area contributed by atoms with Crippen molar-refractivity contribution in [1.29, 1.82) is 0 Å². The van der Waals surface area contributed by atoms with Crippen molar-refractivity contribution in [3.63, 3.8) is 0 Å². The molecule has 5 aromatic rings. The zero-order valence-corrected chi connectivity index (χ0v) is 20.4. The molecule has 0 aliphatic heterocycles. The Kier molecular flexibility index (Phi) is 5.86. The number of fused-ring (bicyclic) bond motifs is 1. The molecule has 6 nitrogen and oxygen atoms in total. The number of para-hydroxylation sites is 2. The predicted octanol–water partition coefficient (Wildman–Crippen LogP) is 5.20. The molecule has 2 aromatic heterocycles. The van der Waals surface area contributed by atoms with E-state index >= 15 is 0 Å². The van der Waals surface area contributed by atoms with E-state index in [0.717, 1.165) is 4.90 Å². The van der Waals surface area contributed by atoms with Gasteiger partial charge in [0.2, 0.25) is 0 Å². The lowest BCUT2D eigenvalue weighted by atomic mass is 9.85. The molecule has 1 atom stereocenters. The highest BCUT2D eigenvalue weighted by molar-refractivity contribution is 7.98. The summed E-state index contributed by atoms with van der Waals surface area (Å²) < 4.78 is 8.96.